The van der Waals surface area contributed by atoms with Crippen molar-refractivity contribution in [3.63, 3.8) is 0 Å². The molecule has 0 aliphatic heterocycles. The van der Waals surface area contributed by atoms with Crippen LogP contribution in [0.3, 0.4) is 0 Å². The van der Waals surface area contributed by atoms with Crippen LogP contribution in [-0.4, -0.2) is 15.8 Å². The SMILES string of the molecule is CC(=O)[C@](c1cnc[nH]1)(C1CCCCC1)C1CC1. The van der Waals surface area contributed by atoms with E-state index in [9.17, 15) is 4.79 Å². The van der Waals surface area contributed by atoms with Crippen molar-refractivity contribution in [2.45, 2.75) is 57.3 Å². The van der Waals surface area contributed by atoms with Gasteiger partial charge in [-0.1, -0.05) is 19.3 Å². The van der Waals surface area contributed by atoms with E-state index in [1.54, 1.807) is 13.3 Å². The molecule has 0 saturated heterocycles. The number of ketones is 1. The van der Waals surface area contributed by atoms with E-state index in [1.165, 1.54) is 44.9 Å². The van der Waals surface area contributed by atoms with Gasteiger partial charge in [0.1, 0.15) is 5.78 Å². The van der Waals surface area contributed by atoms with Gasteiger partial charge < -0.3 is 4.98 Å². The molecule has 2 aliphatic rings. The molecule has 98 valence electrons. The van der Waals surface area contributed by atoms with E-state index in [1.807, 2.05) is 6.20 Å². The smallest absolute Gasteiger partial charge is 0.142 e. The number of H-pyrrole nitrogens is 1. The average Bonchev–Trinajstić information content (AvgIpc) is 3.07. The van der Waals surface area contributed by atoms with E-state index in [0.717, 1.165) is 5.69 Å². The molecule has 3 nitrogen and oxygen atoms in total. The molecule has 0 radical (unpaired) electrons. The quantitative estimate of drug-likeness (QED) is 0.886. The van der Waals surface area contributed by atoms with Crippen LogP contribution < -0.4 is 0 Å². The summed E-state index contributed by atoms with van der Waals surface area (Å²) in [6.45, 7) is 1.79. The summed E-state index contributed by atoms with van der Waals surface area (Å²) in [5, 5.41) is 0. The van der Waals surface area contributed by atoms with E-state index in [0.29, 0.717) is 17.6 Å². The minimum absolute atomic E-state index is 0.253. The van der Waals surface area contributed by atoms with Gasteiger partial charge in [0.05, 0.1) is 11.7 Å². The molecule has 0 spiro atoms. The summed E-state index contributed by atoms with van der Waals surface area (Å²) in [6.07, 6.45) is 12.3. The van der Waals surface area contributed by atoms with Crippen molar-refractivity contribution in [3.05, 3.63) is 18.2 Å². The van der Waals surface area contributed by atoms with Crippen LogP contribution in [0.4, 0.5) is 0 Å². The molecule has 2 aliphatic carbocycles. The minimum atomic E-state index is -0.253. The Hall–Kier alpha value is -1.12. The lowest BCUT2D eigenvalue weighted by Gasteiger charge is -2.40. The molecule has 1 heterocycles. The maximum Gasteiger partial charge on any atom is 0.142 e. The van der Waals surface area contributed by atoms with Crippen LogP contribution in [0.5, 0.6) is 0 Å². The first kappa shape index (κ1) is 11.9. The monoisotopic (exact) mass is 246 g/mol. The predicted molar refractivity (Wildman–Crippen MR) is 70.2 cm³/mol. The summed E-state index contributed by atoms with van der Waals surface area (Å²) in [4.78, 5) is 19.9. The number of imidazole rings is 1. The second kappa shape index (κ2) is 4.52. The lowest BCUT2D eigenvalue weighted by molar-refractivity contribution is -0.126. The highest BCUT2D eigenvalue weighted by molar-refractivity contribution is 5.88. The molecule has 0 amide bonds. The standard InChI is InChI=1S/C15H22N2O/c1-11(18)15(13-7-8-13,14-9-16-10-17-14)12-5-3-2-4-6-12/h9-10,12-13H,2-8H2,1H3,(H,16,17)/t15-/m0/s1. The second-order valence-electron chi connectivity index (χ2n) is 6.00. The number of carbonyl (C=O) groups excluding carboxylic acids is 1. The van der Waals surface area contributed by atoms with Gasteiger partial charge in [-0.2, -0.15) is 0 Å². The van der Waals surface area contributed by atoms with Crippen molar-refractivity contribution in [2.75, 3.05) is 0 Å². The van der Waals surface area contributed by atoms with E-state index >= 15 is 0 Å². The summed E-state index contributed by atoms with van der Waals surface area (Å²) in [5.74, 6) is 1.43. The molecule has 3 rings (SSSR count). The van der Waals surface area contributed by atoms with Crippen LogP contribution in [0.1, 0.15) is 57.6 Å². The Bertz CT molecular complexity index is 416. The Morgan fingerprint density at radius 2 is 1.89 bits per heavy atom. The molecular weight excluding hydrogens is 224 g/mol. The predicted octanol–water partition coefficient (Wildman–Crippen LogP) is 3.23. The third kappa shape index (κ3) is 1.72. The molecule has 2 fully saturated rings. The summed E-state index contributed by atoms with van der Waals surface area (Å²) in [6, 6.07) is 0. The van der Waals surface area contributed by atoms with Crippen LogP contribution in [-0.2, 0) is 10.2 Å². The maximum atomic E-state index is 12.5. The first-order chi connectivity index (χ1) is 8.76. The largest absolute Gasteiger partial charge is 0.348 e. The number of Topliss-reactive ketones (excluding diaryl/α,β-unsaturated/α-hetero) is 1. The summed E-state index contributed by atoms with van der Waals surface area (Å²) in [7, 11) is 0. The van der Waals surface area contributed by atoms with Gasteiger partial charge in [-0.15, -0.1) is 0 Å². The Balaban J connectivity index is 2.03. The van der Waals surface area contributed by atoms with Crippen molar-refractivity contribution in [1.29, 1.82) is 0 Å². The number of hydrogen-bond acceptors (Lipinski definition) is 2. The molecule has 0 unspecified atom stereocenters. The lowest BCUT2D eigenvalue weighted by Crippen LogP contribution is -2.45. The molecule has 0 aromatic carbocycles. The zero-order valence-electron chi connectivity index (χ0n) is 11.1. The highest BCUT2D eigenvalue weighted by Gasteiger charge is 2.55. The van der Waals surface area contributed by atoms with Gasteiger partial charge in [0.15, 0.2) is 0 Å². The van der Waals surface area contributed by atoms with Crippen LogP contribution in [0.25, 0.3) is 0 Å². The van der Waals surface area contributed by atoms with Crippen LogP contribution in [0, 0.1) is 11.8 Å². The first-order valence-corrected chi connectivity index (χ1v) is 7.26. The van der Waals surface area contributed by atoms with Crippen LogP contribution in [0.15, 0.2) is 12.5 Å². The number of carbonyl (C=O) groups is 1. The third-order valence-electron chi connectivity index (χ3n) is 5.00. The van der Waals surface area contributed by atoms with Gasteiger partial charge in [-0.3, -0.25) is 4.79 Å². The fourth-order valence-electron chi connectivity index (χ4n) is 4.12. The Morgan fingerprint density at radius 1 is 1.22 bits per heavy atom. The minimum Gasteiger partial charge on any atom is -0.348 e. The van der Waals surface area contributed by atoms with Gasteiger partial charge in [-0.25, -0.2) is 4.98 Å². The molecule has 1 aromatic heterocycles. The molecule has 0 bridgehead atoms. The van der Waals surface area contributed by atoms with Gasteiger partial charge in [0.25, 0.3) is 0 Å². The van der Waals surface area contributed by atoms with E-state index in [-0.39, 0.29) is 5.41 Å². The number of aromatic amines is 1. The molecule has 2 saturated carbocycles. The zero-order valence-corrected chi connectivity index (χ0v) is 11.1. The van der Waals surface area contributed by atoms with E-state index in [4.69, 9.17) is 0 Å². The lowest BCUT2D eigenvalue weighted by atomic mass is 9.62. The fraction of sp³-hybridized carbons (Fsp3) is 0.733. The van der Waals surface area contributed by atoms with Crippen LogP contribution in [0.2, 0.25) is 0 Å². The summed E-state index contributed by atoms with van der Waals surface area (Å²) >= 11 is 0. The van der Waals surface area contributed by atoms with Gasteiger partial charge >= 0.3 is 0 Å². The maximum absolute atomic E-state index is 12.5. The molecule has 1 atom stereocenters. The van der Waals surface area contributed by atoms with Crippen molar-refractivity contribution < 1.29 is 4.79 Å². The van der Waals surface area contributed by atoms with E-state index in [2.05, 4.69) is 9.97 Å². The van der Waals surface area contributed by atoms with Crippen molar-refractivity contribution in [2.24, 2.45) is 11.8 Å². The van der Waals surface area contributed by atoms with Gasteiger partial charge in [-0.05, 0) is 44.4 Å². The number of aromatic nitrogens is 2. The number of nitrogens with zero attached hydrogens (tertiary/aromatic N) is 1. The summed E-state index contributed by atoms with van der Waals surface area (Å²) < 4.78 is 0. The topological polar surface area (TPSA) is 45.8 Å². The van der Waals surface area contributed by atoms with E-state index < -0.39 is 0 Å². The Morgan fingerprint density at radius 3 is 2.39 bits per heavy atom. The Kier molecular flexibility index (Phi) is 3.00. The highest BCUT2D eigenvalue weighted by Crippen LogP contribution is 2.55. The van der Waals surface area contributed by atoms with Crippen molar-refractivity contribution in [1.82, 2.24) is 9.97 Å². The molecular formula is C15H22N2O. The van der Waals surface area contributed by atoms with Gasteiger partial charge in [0, 0.05) is 11.9 Å². The summed E-state index contributed by atoms with van der Waals surface area (Å²) in [5.41, 5.74) is 0.820. The van der Waals surface area contributed by atoms with Crippen molar-refractivity contribution in [3.8, 4) is 0 Å². The highest BCUT2D eigenvalue weighted by atomic mass is 16.1. The molecule has 1 N–H and O–H groups in total. The zero-order chi connectivity index (χ0) is 12.6. The first-order valence-electron chi connectivity index (χ1n) is 7.26. The van der Waals surface area contributed by atoms with Crippen LogP contribution >= 0.6 is 0 Å². The molecule has 3 heteroatoms. The van der Waals surface area contributed by atoms with Gasteiger partial charge in [0.2, 0.25) is 0 Å². The number of rotatable bonds is 4. The van der Waals surface area contributed by atoms with Crippen molar-refractivity contribution >= 4 is 5.78 Å². The fourth-order valence-corrected chi connectivity index (χ4v) is 4.12. The average molecular weight is 246 g/mol. The Labute approximate surface area is 108 Å². The number of nitrogens with one attached hydrogen (secondary N) is 1. The third-order valence-corrected chi connectivity index (χ3v) is 5.00. The second-order valence-corrected chi connectivity index (χ2v) is 6.00. The molecule has 1 aromatic rings. The number of hydrogen-bond donors (Lipinski definition) is 1. The normalized spacial score (nSPS) is 24.7. The molecule has 18 heavy (non-hydrogen) atoms.